The van der Waals surface area contributed by atoms with E-state index in [-0.39, 0.29) is 13.0 Å². The summed E-state index contributed by atoms with van der Waals surface area (Å²) in [6.45, 7) is 5.01. The number of alkyl halides is 1. The second-order valence-electron chi connectivity index (χ2n) is 15.8. The molecule has 1 aliphatic heterocycles. The van der Waals surface area contributed by atoms with E-state index in [9.17, 15) is 9.59 Å². The molecule has 1 aliphatic rings. The third-order valence-electron chi connectivity index (χ3n) is 10.3. The lowest BCUT2D eigenvalue weighted by molar-refractivity contribution is -0.125. The third-order valence-corrected chi connectivity index (χ3v) is 10.3. The van der Waals surface area contributed by atoms with Crippen molar-refractivity contribution in [1.82, 2.24) is 30.2 Å². The molecule has 0 spiro atoms. The Balaban J connectivity index is 1.27. The van der Waals surface area contributed by atoms with E-state index in [1.807, 2.05) is 105 Å². The molecule has 60 heavy (non-hydrogen) atoms. The minimum Gasteiger partial charge on any atom is -0.497 e. The molecule has 0 bridgehead atoms. The zero-order valence-corrected chi connectivity index (χ0v) is 34.5. The lowest BCUT2D eigenvalue weighted by Crippen LogP contribution is -2.55. The molecular formula is C46H50FN7O6. The molecular weight excluding hydrogens is 766 g/mol. The highest BCUT2D eigenvalue weighted by Gasteiger charge is 2.50. The summed E-state index contributed by atoms with van der Waals surface area (Å²) in [6.07, 6.45) is -2.05. The average molecular weight is 816 g/mol. The SMILES string of the molecule is COc1ccc(C[C@H](NC(=O)OC(C)(C)C)C(=O)N[C@H]2[C@@H](F)[C@H](n3cnc4c(N(C)C)ncnc43)O[C@@H]2COC(c2ccccc2)(c2ccccc2)c2ccccc2)cc1. The Hall–Kier alpha value is -6.38. The van der Waals surface area contributed by atoms with Gasteiger partial charge < -0.3 is 34.5 Å². The topological polar surface area (TPSA) is 142 Å². The maximum absolute atomic E-state index is 17.4. The van der Waals surface area contributed by atoms with E-state index < -0.39 is 53.8 Å². The van der Waals surface area contributed by atoms with Gasteiger partial charge in [-0.1, -0.05) is 103 Å². The van der Waals surface area contributed by atoms with E-state index in [1.54, 1.807) is 57.0 Å². The summed E-state index contributed by atoms with van der Waals surface area (Å²) in [5, 5.41) is 5.65. The van der Waals surface area contributed by atoms with Crippen LogP contribution in [0.3, 0.4) is 0 Å². The number of alkyl carbamates (subject to hydrolysis) is 1. The maximum atomic E-state index is 17.4. The standard InChI is InChI=1S/C46H50FN7O6/c1-45(2,3)60-44(56)51-35(26-30-22-24-34(57-6)25-23-30)42(55)52-38-36(59-43(37(38)47)54-29-50-39-40(53(4)5)48-28-49-41(39)54)27-58-46(31-16-10-7-11-17-31,32-18-12-8-13-19-32)33-20-14-9-15-21-33/h7-25,28-29,35-38,43H,26-27H2,1-6H3,(H,51,56)(H,52,55)/t35-,36+,37+,38+,43+/m0/s1. The molecule has 14 heteroatoms. The third kappa shape index (κ3) is 8.94. The first-order valence-corrected chi connectivity index (χ1v) is 19.8. The second-order valence-corrected chi connectivity index (χ2v) is 15.8. The van der Waals surface area contributed by atoms with E-state index in [2.05, 4.69) is 25.6 Å². The Morgan fingerprint density at radius 2 is 1.43 bits per heavy atom. The van der Waals surface area contributed by atoms with Crippen molar-refractivity contribution in [2.75, 3.05) is 32.7 Å². The number of rotatable bonds is 14. The average Bonchev–Trinajstić information content (AvgIpc) is 3.81. The molecule has 3 heterocycles. The number of halogens is 1. The number of carbonyl (C=O) groups excluding carboxylic acids is 2. The zero-order valence-electron chi connectivity index (χ0n) is 34.5. The van der Waals surface area contributed by atoms with Crippen LogP contribution < -0.4 is 20.3 Å². The van der Waals surface area contributed by atoms with Crippen molar-refractivity contribution in [2.45, 2.75) is 69.0 Å². The lowest BCUT2D eigenvalue weighted by Gasteiger charge is -2.37. The number of anilines is 1. The molecule has 0 saturated carbocycles. The summed E-state index contributed by atoms with van der Waals surface area (Å²) in [4.78, 5) is 42.8. The largest absolute Gasteiger partial charge is 0.497 e. The lowest BCUT2D eigenvalue weighted by atomic mass is 9.80. The van der Waals surface area contributed by atoms with Gasteiger partial charge in [-0.15, -0.1) is 0 Å². The second kappa shape index (κ2) is 17.9. The van der Waals surface area contributed by atoms with Crippen LogP contribution in [-0.4, -0.2) is 89.3 Å². The van der Waals surface area contributed by atoms with Crippen molar-refractivity contribution >= 4 is 29.0 Å². The molecule has 2 N–H and O–H groups in total. The van der Waals surface area contributed by atoms with Gasteiger partial charge >= 0.3 is 6.09 Å². The first-order valence-electron chi connectivity index (χ1n) is 19.8. The van der Waals surface area contributed by atoms with Crippen molar-refractivity contribution in [3.63, 3.8) is 0 Å². The number of amides is 2. The van der Waals surface area contributed by atoms with Crippen LogP contribution in [0.1, 0.15) is 49.3 Å². The van der Waals surface area contributed by atoms with Gasteiger partial charge in [-0.25, -0.2) is 24.1 Å². The number of aromatic nitrogens is 4. The zero-order chi connectivity index (χ0) is 42.4. The number of imidazole rings is 1. The number of nitrogens with one attached hydrogen (secondary N) is 2. The number of hydrogen-bond donors (Lipinski definition) is 2. The minimum absolute atomic E-state index is 0.0692. The summed E-state index contributed by atoms with van der Waals surface area (Å²) >= 11 is 0. The highest BCUT2D eigenvalue weighted by atomic mass is 19.1. The molecule has 312 valence electrons. The summed E-state index contributed by atoms with van der Waals surface area (Å²) in [5.74, 6) is 0.529. The first kappa shape index (κ1) is 41.8. The number of fused-ring (bicyclic) bond motifs is 1. The normalized spacial score (nSPS) is 18.4. The first-order chi connectivity index (χ1) is 28.9. The number of nitrogens with zero attached hydrogens (tertiary/aromatic N) is 5. The monoisotopic (exact) mass is 815 g/mol. The molecule has 4 aromatic carbocycles. The van der Waals surface area contributed by atoms with Gasteiger partial charge in [0.25, 0.3) is 0 Å². The van der Waals surface area contributed by atoms with Crippen molar-refractivity contribution in [3.05, 3.63) is 150 Å². The Bertz CT molecular complexity index is 2260. The van der Waals surface area contributed by atoms with E-state index in [0.717, 1.165) is 22.3 Å². The summed E-state index contributed by atoms with van der Waals surface area (Å²) in [5.41, 5.74) is 2.04. The van der Waals surface area contributed by atoms with Gasteiger partial charge in [0, 0.05) is 20.5 Å². The molecule has 5 atom stereocenters. The van der Waals surface area contributed by atoms with Gasteiger partial charge in [0.05, 0.1) is 26.1 Å². The molecule has 7 rings (SSSR count). The predicted molar refractivity (Wildman–Crippen MR) is 225 cm³/mol. The molecule has 2 amide bonds. The van der Waals surface area contributed by atoms with Crippen molar-refractivity contribution in [2.24, 2.45) is 0 Å². The van der Waals surface area contributed by atoms with E-state index >= 15 is 4.39 Å². The quantitative estimate of drug-likeness (QED) is 0.113. The summed E-state index contributed by atoms with van der Waals surface area (Å²) < 4.78 is 43.6. The van der Waals surface area contributed by atoms with E-state index in [1.165, 1.54) is 17.2 Å². The number of methoxy groups -OCH3 is 1. The van der Waals surface area contributed by atoms with Crippen molar-refractivity contribution < 1.29 is 32.9 Å². The molecule has 1 fully saturated rings. The van der Waals surface area contributed by atoms with Crippen molar-refractivity contribution in [1.29, 1.82) is 0 Å². The van der Waals surface area contributed by atoms with Gasteiger partial charge in [0.2, 0.25) is 5.91 Å². The van der Waals surface area contributed by atoms with E-state index in [0.29, 0.717) is 22.7 Å². The Kier molecular flexibility index (Phi) is 12.4. The molecule has 6 aromatic rings. The van der Waals surface area contributed by atoms with Crippen molar-refractivity contribution in [3.8, 4) is 5.75 Å². The molecule has 0 unspecified atom stereocenters. The fourth-order valence-corrected chi connectivity index (χ4v) is 7.51. The van der Waals surface area contributed by atoms with Crippen LogP contribution in [0.15, 0.2) is 128 Å². The highest BCUT2D eigenvalue weighted by Crippen LogP contribution is 2.42. The van der Waals surface area contributed by atoms with Gasteiger partial charge in [0.1, 0.15) is 35.4 Å². The van der Waals surface area contributed by atoms with Gasteiger partial charge in [0.15, 0.2) is 29.4 Å². The van der Waals surface area contributed by atoms with Gasteiger partial charge in [-0.2, -0.15) is 0 Å². The smallest absolute Gasteiger partial charge is 0.408 e. The molecule has 0 aliphatic carbocycles. The summed E-state index contributed by atoms with van der Waals surface area (Å²) in [7, 11) is 5.22. The van der Waals surface area contributed by atoms with Crippen LogP contribution >= 0.6 is 0 Å². The minimum atomic E-state index is -1.83. The van der Waals surface area contributed by atoms with Crippen LogP contribution in [0.4, 0.5) is 15.0 Å². The summed E-state index contributed by atoms with van der Waals surface area (Å²) in [6, 6.07) is 34.0. The number of carbonyl (C=O) groups is 2. The van der Waals surface area contributed by atoms with Gasteiger partial charge in [-0.3, -0.25) is 9.36 Å². The maximum Gasteiger partial charge on any atom is 0.408 e. The van der Waals surface area contributed by atoms with Gasteiger partial charge in [-0.05, 0) is 55.2 Å². The predicted octanol–water partition coefficient (Wildman–Crippen LogP) is 6.77. The number of benzene rings is 4. The fourth-order valence-electron chi connectivity index (χ4n) is 7.51. The molecule has 1 saturated heterocycles. The Morgan fingerprint density at radius 1 is 0.850 bits per heavy atom. The van der Waals surface area contributed by atoms with Crippen LogP contribution in [0.25, 0.3) is 11.2 Å². The van der Waals surface area contributed by atoms with E-state index in [4.69, 9.17) is 18.9 Å². The van der Waals surface area contributed by atoms with Crippen LogP contribution in [0.2, 0.25) is 0 Å². The number of hydrogen-bond acceptors (Lipinski definition) is 10. The Morgan fingerprint density at radius 3 is 1.97 bits per heavy atom. The number of ether oxygens (including phenoxy) is 4. The highest BCUT2D eigenvalue weighted by molar-refractivity contribution is 5.86. The van der Waals surface area contributed by atoms with Crippen LogP contribution in [0, 0.1) is 0 Å². The molecule has 13 nitrogen and oxygen atoms in total. The van der Waals surface area contributed by atoms with Crippen LogP contribution in [0.5, 0.6) is 5.75 Å². The molecule has 2 aromatic heterocycles. The Labute approximate surface area is 348 Å². The molecule has 0 radical (unpaired) electrons. The fraction of sp³-hybridized carbons (Fsp3) is 0.326. The van der Waals surface area contributed by atoms with Crippen LogP contribution in [-0.2, 0) is 31.0 Å².